The molecule has 0 aromatic heterocycles. The van der Waals surface area contributed by atoms with E-state index < -0.39 is 28.3 Å². The molecule has 1 N–H and O–H groups in total. The van der Waals surface area contributed by atoms with Crippen LogP contribution in [-0.4, -0.2) is 106 Å². The summed E-state index contributed by atoms with van der Waals surface area (Å²) in [6, 6.07) is 16.0. The molecule has 2 aromatic rings. The number of carbonyl (C=O) groups is 1. The first kappa shape index (κ1) is 27.9. The molecule has 3 aliphatic heterocycles. The number of ether oxygens (including phenoxy) is 3. The summed E-state index contributed by atoms with van der Waals surface area (Å²) in [5.74, 6) is 0.487. The van der Waals surface area contributed by atoms with E-state index in [1.54, 1.807) is 12.1 Å². The second-order valence-corrected chi connectivity index (χ2v) is 12.2. The van der Waals surface area contributed by atoms with Gasteiger partial charge in [0.25, 0.3) is 0 Å². The number of anilines is 1. The summed E-state index contributed by atoms with van der Waals surface area (Å²) in [5.41, 5.74) is 1.16. The van der Waals surface area contributed by atoms with Crippen molar-refractivity contribution in [1.29, 1.82) is 0 Å². The highest BCUT2D eigenvalue weighted by Crippen LogP contribution is 2.32. The molecule has 3 fully saturated rings. The van der Waals surface area contributed by atoms with Crippen LogP contribution < -0.4 is 9.64 Å². The number of fused-ring (bicyclic) bond motifs is 1. The molecule has 212 valence electrons. The van der Waals surface area contributed by atoms with E-state index in [2.05, 4.69) is 17.0 Å². The van der Waals surface area contributed by atoms with Crippen molar-refractivity contribution >= 4 is 21.6 Å². The molecule has 3 heterocycles. The molecule has 1 amide bonds. The molecule has 11 heteroatoms. The highest BCUT2D eigenvalue weighted by Gasteiger charge is 2.43. The van der Waals surface area contributed by atoms with Crippen LogP contribution in [0.1, 0.15) is 19.3 Å². The van der Waals surface area contributed by atoms with E-state index in [9.17, 15) is 18.3 Å². The molecule has 0 saturated carbocycles. The smallest absolute Gasteiger partial charge is 0.243 e. The largest absolute Gasteiger partial charge is 0.497 e. The number of nitrogens with zero attached hydrogens (tertiary/aromatic N) is 3. The zero-order chi connectivity index (χ0) is 27.4. The molecule has 10 nitrogen and oxygen atoms in total. The van der Waals surface area contributed by atoms with Crippen LogP contribution in [0.3, 0.4) is 0 Å². The molecule has 39 heavy (non-hydrogen) atoms. The monoisotopic (exact) mass is 559 g/mol. The fourth-order valence-electron chi connectivity index (χ4n) is 5.64. The second kappa shape index (κ2) is 12.2. The quantitative estimate of drug-likeness (QED) is 0.570. The lowest BCUT2D eigenvalue weighted by Crippen LogP contribution is -2.57. The minimum absolute atomic E-state index is 0.00595. The van der Waals surface area contributed by atoms with Crippen LogP contribution in [0.4, 0.5) is 5.69 Å². The van der Waals surface area contributed by atoms with Crippen LogP contribution in [-0.2, 0) is 24.3 Å². The number of para-hydroxylation sites is 1. The van der Waals surface area contributed by atoms with Crippen LogP contribution in [0.25, 0.3) is 0 Å². The zero-order valence-electron chi connectivity index (χ0n) is 22.2. The summed E-state index contributed by atoms with van der Waals surface area (Å²) in [5, 5.41) is 10.4. The Bertz CT molecular complexity index is 1220. The van der Waals surface area contributed by atoms with Gasteiger partial charge in [-0.1, -0.05) is 24.3 Å². The number of benzene rings is 2. The summed E-state index contributed by atoms with van der Waals surface area (Å²) in [6.45, 7) is 2.91. The second-order valence-electron chi connectivity index (χ2n) is 10.3. The van der Waals surface area contributed by atoms with Gasteiger partial charge in [0.15, 0.2) is 0 Å². The third kappa shape index (κ3) is 6.38. The summed E-state index contributed by atoms with van der Waals surface area (Å²) >= 11 is 0. The number of sulfonamides is 1. The van der Waals surface area contributed by atoms with Crippen molar-refractivity contribution in [3.05, 3.63) is 54.6 Å². The molecule has 0 spiro atoms. The van der Waals surface area contributed by atoms with Crippen molar-refractivity contribution in [2.24, 2.45) is 0 Å². The molecule has 2 aromatic carbocycles. The van der Waals surface area contributed by atoms with Crippen molar-refractivity contribution in [3.8, 4) is 5.75 Å². The van der Waals surface area contributed by atoms with Crippen molar-refractivity contribution < 1.29 is 32.5 Å². The highest BCUT2D eigenvalue weighted by atomic mass is 32.2. The van der Waals surface area contributed by atoms with Gasteiger partial charge in [0.1, 0.15) is 5.75 Å². The van der Waals surface area contributed by atoms with Gasteiger partial charge in [-0.05, 0) is 37.1 Å². The van der Waals surface area contributed by atoms with Gasteiger partial charge in [0.05, 0.1) is 56.0 Å². The average molecular weight is 560 g/mol. The maximum Gasteiger partial charge on any atom is 0.243 e. The Morgan fingerprint density at radius 1 is 1.03 bits per heavy atom. The number of β-amino-alcohol motifs (C(OH)–C–C–N with tert-alkyl or cyclic N) is 1. The first-order valence-corrected chi connectivity index (χ1v) is 14.9. The van der Waals surface area contributed by atoms with E-state index >= 15 is 0 Å². The van der Waals surface area contributed by atoms with Gasteiger partial charge < -0.3 is 29.1 Å². The fourth-order valence-corrected chi connectivity index (χ4v) is 7.40. The van der Waals surface area contributed by atoms with E-state index in [4.69, 9.17) is 14.2 Å². The number of piperazine rings is 1. The first-order valence-electron chi connectivity index (χ1n) is 13.5. The molecule has 0 bridgehead atoms. The Hall–Kier alpha value is -2.70. The topological polar surface area (TPSA) is 109 Å². The maximum atomic E-state index is 13.7. The lowest BCUT2D eigenvalue weighted by Gasteiger charge is -2.44. The van der Waals surface area contributed by atoms with Gasteiger partial charge in [-0.3, -0.25) is 4.79 Å². The Morgan fingerprint density at radius 2 is 1.79 bits per heavy atom. The zero-order valence-corrected chi connectivity index (χ0v) is 23.0. The lowest BCUT2D eigenvalue weighted by atomic mass is 9.96. The number of amides is 1. The molecule has 4 atom stereocenters. The van der Waals surface area contributed by atoms with Gasteiger partial charge in [-0.15, -0.1) is 0 Å². The number of hydrogen-bond donors (Lipinski definition) is 1. The van der Waals surface area contributed by atoms with Crippen molar-refractivity contribution in [1.82, 2.24) is 9.21 Å². The minimum Gasteiger partial charge on any atom is -0.497 e. The Labute approximate surface area is 230 Å². The van der Waals surface area contributed by atoms with E-state index in [-0.39, 0.29) is 43.1 Å². The number of aliphatic hydroxyl groups is 1. The van der Waals surface area contributed by atoms with Crippen LogP contribution in [0.2, 0.25) is 0 Å². The van der Waals surface area contributed by atoms with E-state index in [0.29, 0.717) is 31.7 Å². The van der Waals surface area contributed by atoms with E-state index in [1.165, 1.54) is 23.5 Å². The third-order valence-corrected chi connectivity index (χ3v) is 9.62. The van der Waals surface area contributed by atoms with Crippen LogP contribution in [0.5, 0.6) is 5.75 Å². The van der Waals surface area contributed by atoms with E-state index in [0.717, 1.165) is 18.8 Å². The minimum atomic E-state index is -3.95. The first-order chi connectivity index (χ1) is 18.8. The molecule has 5 rings (SSSR count). The standard InChI is InChI=1S/C28H37N3O7S/c1-36-23-8-5-9-25(16-23)39(34,35)31-18-22(32)19-37-20-27-26(31)11-10-24(38-27)17-28(33)30-14-12-29(13-15-30)21-6-3-2-4-7-21/h2-9,16,22,24,26-27,32H,10-15,17-20H2,1H3/t22-,24-,26-,27+/m1/s1. The fraction of sp³-hybridized carbons (Fsp3) is 0.536. The van der Waals surface area contributed by atoms with Crippen molar-refractivity contribution in [3.63, 3.8) is 0 Å². The average Bonchev–Trinajstić information content (AvgIpc) is 2.96. The number of carbonyl (C=O) groups excluding carboxylic acids is 1. The van der Waals surface area contributed by atoms with Crippen LogP contribution in [0.15, 0.2) is 59.5 Å². The normalized spacial score (nSPS) is 26.8. The molecule has 0 aliphatic carbocycles. The van der Waals surface area contributed by atoms with Gasteiger partial charge in [-0.2, -0.15) is 4.31 Å². The van der Waals surface area contributed by atoms with Gasteiger partial charge >= 0.3 is 0 Å². The van der Waals surface area contributed by atoms with E-state index in [1.807, 2.05) is 23.1 Å². The summed E-state index contributed by atoms with van der Waals surface area (Å²) < 4.78 is 46.0. The third-order valence-electron chi connectivity index (χ3n) is 7.74. The van der Waals surface area contributed by atoms with Crippen LogP contribution in [0, 0.1) is 0 Å². The van der Waals surface area contributed by atoms with Crippen molar-refractivity contribution in [2.45, 2.75) is 48.5 Å². The molecular formula is C28H37N3O7S. The number of aliphatic hydroxyl groups excluding tert-OH is 1. The number of rotatable bonds is 6. The van der Waals surface area contributed by atoms with Gasteiger partial charge in [0.2, 0.25) is 15.9 Å². The van der Waals surface area contributed by atoms with Crippen molar-refractivity contribution in [2.75, 3.05) is 57.9 Å². The summed E-state index contributed by atoms with van der Waals surface area (Å²) in [6.07, 6.45) is -0.527. The predicted molar refractivity (Wildman–Crippen MR) is 145 cm³/mol. The highest BCUT2D eigenvalue weighted by molar-refractivity contribution is 7.89. The molecule has 0 unspecified atom stereocenters. The SMILES string of the molecule is COc1cccc(S(=O)(=O)N2C[C@@H](O)COC[C@@H]3O[C@@H](CC(=O)N4CCN(c5ccccc5)CC4)CC[C@H]32)c1. The van der Waals surface area contributed by atoms with Gasteiger partial charge in [-0.25, -0.2) is 8.42 Å². The van der Waals surface area contributed by atoms with Gasteiger partial charge in [0, 0.05) is 44.5 Å². The Kier molecular flexibility index (Phi) is 8.73. The molecule has 3 saturated heterocycles. The molecule has 0 radical (unpaired) electrons. The summed E-state index contributed by atoms with van der Waals surface area (Å²) in [4.78, 5) is 17.4. The predicted octanol–water partition coefficient (Wildman–Crippen LogP) is 1.73. The van der Waals surface area contributed by atoms with Crippen LogP contribution >= 0.6 is 0 Å². The molecular weight excluding hydrogens is 522 g/mol. The molecule has 3 aliphatic rings. The number of methoxy groups -OCH3 is 1. The summed E-state index contributed by atoms with van der Waals surface area (Å²) in [7, 11) is -2.46. The Morgan fingerprint density at radius 3 is 2.54 bits per heavy atom. The lowest BCUT2D eigenvalue weighted by molar-refractivity contribution is -0.151. The Balaban J connectivity index is 1.23. The maximum absolute atomic E-state index is 13.7. The number of hydrogen-bond acceptors (Lipinski definition) is 8.